The molecule has 0 radical (unpaired) electrons. The molecule has 0 spiro atoms. The Bertz CT molecular complexity index is 1250. The van der Waals surface area contributed by atoms with Crippen LogP contribution in [0.25, 0.3) is 0 Å². The van der Waals surface area contributed by atoms with Crippen molar-refractivity contribution in [2.45, 2.75) is 43.2 Å². The van der Waals surface area contributed by atoms with Crippen molar-refractivity contribution in [3.63, 3.8) is 0 Å². The summed E-state index contributed by atoms with van der Waals surface area (Å²) >= 11 is 8.26. The molecular formula is C22H26ClN3O6S3. The zero-order chi connectivity index (χ0) is 25.3. The Morgan fingerprint density at radius 2 is 1.86 bits per heavy atom. The third kappa shape index (κ3) is 5.56. The van der Waals surface area contributed by atoms with Crippen molar-refractivity contribution >= 4 is 67.2 Å². The monoisotopic (exact) mass is 559 g/mol. The van der Waals surface area contributed by atoms with Crippen LogP contribution in [0.15, 0.2) is 16.3 Å². The van der Waals surface area contributed by atoms with E-state index in [0.29, 0.717) is 40.1 Å². The van der Waals surface area contributed by atoms with Gasteiger partial charge in [0.15, 0.2) is 0 Å². The van der Waals surface area contributed by atoms with Gasteiger partial charge in [0.25, 0.3) is 15.9 Å². The highest BCUT2D eigenvalue weighted by Gasteiger charge is 2.35. The lowest BCUT2D eigenvalue weighted by Gasteiger charge is -2.30. The van der Waals surface area contributed by atoms with E-state index in [4.69, 9.17) is 11.6 Å². The number of thiophene rings is 2. The summed E-state index contributed by atoms with van der Waals surface area (Å²) < 4.78 is 32.2. The van der Waals surface area contributed by atoms with Gasteiger partial charge in [0, 0.05) is 23.9 Å². The van der Waals surface area contributed by atoms with Gasteiger partial charge in [-0.1, -0.05) is 18.5 Å². The largest absolute Gasteiger partial charge is 0.453 e. The average Bonchev–Trinajstić information content (AvgIpc) is 3.42. The van der Waals surface area contributed by atoms with E-state index in [9.17, 15) is 22.8 Å². The van der Waals surface area contributed by atoms with E-state index in [1.807, 2.05) is 0 Å². The van der Waals surface area contributed by atoms with Crippen LogP contribution in [0.2, 0.25) is 4.34 Å². The standard InChI is InChI=1S/C22H26ClN3O6S3/c1-12-3-4-14-15(11-12)33-21(18(14)20(28)25-22(29)32-2)24-19(27)13-7-9-26(10-8-13)35(30,31)17-6-5-16(23)34-17/h5-6,12-13H,3-4,7-11H2,1-2H3,(H,24,27)(H,25,28,29). The van der Waals surface area contributed by atoms with E-state index in [-0.39, 0.29) is 23.2 Å². The van der Waals surface area contributed by atoms with Crippen molar-refractivity contribution in [1.29, 1.82) is 0 Å². The number of piperidine rings is 1. The van der Waals surface area contributed by atoms with E-state index in [1.165, 1.54) is 28.8 Å². The fourth-order valence-electron chi connectivity index (χ4n) is 4.42. The number of alkyl carbamates (subject to hydrolysis) is 1. The second-order valence-corrected chi connectivity index (χ2v) is 13.7. The molecule has 1 aliphatic carbocycles. The molecule has 9 nitrogen and oxygen atoms in total. The number of methoxy groups -OCH3 is 1. The summed E-state index contributed by atoms with van der Waals surface area (Å²) in [4.78, 5) is 38.6. The molecular weight excluding hydrogens is 534 g/mol. The van der Waals surface area contributed by atoms with Crippen molar-refractivity contribution in [2.24, 2.45) is 11.8 Å². The number of hydrogen-bond acceptors (Lipinski definition) is 8. The summed E-state index contributed by atoms with van der Waals surface area (Å²) in [5, 5.41) is 5.51. The molecule has 190 valence electrons. The van der Waals surface area contributed by atoms with Gasteiger partial charge in [-0.25, -0.2) is 13.2 Å². The van der Waals surface area contributed by atoms with Crippen LogP contribution in [0.1, 0.15) is 47.0 Å². The van der Waals surface area contributed by atoms with Crippen LogP contribution in [0.3, 0.4) is 0 Å². The first-order chi connectivity index (χ1) is 16.6. The van der Waals surface area contributed by atoms with Gasteiger partial charge in [-0.05, 0) is 55.7 Å². The molecule has 4 rings (SSSR count). The number of nitrogens with one attached hydrogen (secondary N) is 2. The molecule has 1 fully saturated rings. The Balaban J connectivity index is 1.47. The summed E-state index contributed by atoms with van der Waals surface area (Å²) in [6.07, 6.45) is 2.26. The molecule has 2 aromatic rings. The van der Waals surface area contributed by atoms with Crippen molar-refractivity contribution < 1.29 is 27.5 Å². The van der Waals surface area contributed by atoms with E-state index in [2.05, 4.69) is 22.3 Å². The number of ether oxygens (including phenoxy) is 1. The third-order valence-electron chi connectivity index (χ3n) is 6.34. The predicted octanol–water partition coefficient (Wildman–Crippen LogP) is 4.12. The number of carbonyl (C=O) groups excluding carboxylic acids is 3. The van der Waals surface area contributed by atoms with Crippen molar-refractivity contribution in [1.82, 2.24) is 9.62 Å². The number of nitrogens with zero attached hydrogens (tertiary/aromatic N) is 1. The van der Waals surface area contributed by atoms with Crippen molar-refractivity contribution in [2.75, 3.05) is 25.5 Å². The number of halogens is 1. The van der Waals surface area contributed by atoms with Gasteiger partial charge < -0.3 is 10.1 Å². The van der Waals surface area contributed by atoms with Crippen molar-refractivity contribution in [3.05, 3.63) is 32.5 Å². The smallest absolute Gasteiger partial charge is 0.413 e. The van der Waals surface area contributed by atoms with Gasteiger partial charge in [-0.15, -0.1) is 22.7 Å². The molecule has 13 heteroatoms. The third-order valence-corrected chi connectivity index (χ3v) is 11.1. The van der Waals surface area contributed by atoms with Crippen LogP contribution < -0.4 is 10.6 Å². The molecule has 2 N–H and O–H groups in total. The van der Waals surface area contributed by atoms with E-state index in [0.717, 1.165) is 34.6 Å². The average molecular weight is 560 g/mol. The fraction of sp³-hybridized carbons (Fsp3) is 0.500. The number of fused-ring (bicyclic) bond motifs is 1. The number of sulfonamides is 1. The summed E-state index contributed by atoms with van der Waals surface area (Å²) in [5.74, 6) is -0.802. The van der Waals surface area contributed by atoms with Crippen LogP contribution >= 0.6 is 34.3 Å². The van der Waals surface area contributed by atoms with Crippen LogP contribution in [-0.2, 0) is 32.4 Å². The minimum Gasteiger partial charge on any atom is -0.453 e. The summed E-state index contributed by atoms with van der Waals surface area (Å²) in [6.45, 7) is 2.56. The maximum Gasteiger partial charge on any atom is 0.413 e. The molecule has 1 saturated heterocycles. The minimum absolute atomic E-state index is 0.185. The Morgan fingerprint density at radius 1 is 1.14 bits per heavy atom. The lowest BCUT2D eigenvalue weighted by atomic mass is 9.88. The number of amides is 3. The highest BCUT2D eigenvalue weighted by atomic mass is 35.5. The minimum atomic E-state index is -3.65. The first-order valence-corrected chi connectivity index (χ1v) is 14.7. The number of anilines is 1. The lowest BCUT2D eigenvalue weighted by molar-refractivity contribution is -0.120. The first-order valence-electron chi connectivity index (χ1n) is 11.2. The van der Waals surface area contributed by atoms with Crippen LogP contribution in [-0.4, -0.2) is 50.8 Å². The van der Waals surface area contributed by atoms with Gasteiger partial charge >= 0.3 is 6.09 Å². The molecule has 35 heavy (non-hydrogen) atoms. The summed E-state index contributed by atoms with van der Waals surface area (Å²) in [5.41, 5.74) is 1.17. The summed E-state index contributed by atoms with van der Waals surface area (Å²) in [6, 6.07) is 3.04. The first kappa shape index (κ1) is 26.1. The molecule has 2 aromatic heterocycles. The Kier molecular flexibility index (Phi) is 7.86. The topological polar surface area (TPSA) is 122 Å². The SMILES string of the molecule is COC(=O)NC(=O)c1c(NC(=O)C2CCN(S(=O)(=O)c3ccc(Cl)s3)CC2)sc2c1CCC(C)C2. The van der Waals surface area contributed by atoms with Gasteiger partial charge in [0.1, 0.15) is 9.21 Å². The van der Waals surface area contributed by atoms with Gasteiger partial charge in [-0.2, -0.15) is 4.31 Å². The number of hydrogen-bond donors (Lipinski definition) is 2. The summed E-state index contributed by atoms with van der Waals surface area (Å²) in [7, 11) is -2.47. The number of rotatable bonds is 5. The quantitative estimate of drug-likeness (QED) is 0.568. The number of imide groups is 1. The second-order valence-electron chi connectivity index (χ2n) is 8.73. The molecule has 1 unspecified atom stereocenters. The van der Waals surface area contributed by atoms with E-state index >= 15 is 0 Å². The fourth-order valence-corrected chi connectivity index (χ4v) is 8.94. The molecule has 1 atom stereocenters. The highest BCUT2D eigenvalue weighted by Crippen LogP contribution is 2.40. The normalized spacial score (nSPS) is 19.1. The lowest BCUT2D eigenvalue weighted by Crippen LogP contribution is -2.41. The van der Waals surface area contributed by atoms with Gasteiger partial charge in [0.2, 0.25) is 5.91 Å². The molecule has 0 saturated carbocycles. The molecule has 3 amide bonds. The predicted molar refractivity (Wildman–Crippen MR) is 135 cm³/mol. The Hall–Kier alpha value is -1.99. The molecule has 3 heterocycles. The zero-order valence-electron chi connectivity index (χ0n) is 19.3. The van der Waals surface area contributed by atoms with Crippen molar-refractivity contribution in [3.8, 4) is 0 Å². The Labute approximate surface area is 216 Å². The molecule has 2 aliphatic rings. The van der Waals surface area contributed by atoms with E-state index < -0.39 is 27.9 Å². The number of carbonyl (C=O) groups is 3. The van der Waals surface area contributed by atoms with Crippen LogP contribution in [0.5, 0.6) is 0 Å². The van der Waals surface area contributed by atoms with Gasteiger partial charge in [-0.3, -0.25) is 14.9 Å². The van der Waals surface area contributed by atoms with Gasteiger partial charge in [0.05, 0.1) is 17.0 Å². The zero-order valence-corrected chi connectivity index (χ0v) is 22.5. The van der Waals surface area contributed by atoms with Crippen LogP contribution in [0, 0.1) is 11.8 Å². The Morgan fingerprint density at radius 3 is 2.49 bits per heavy atom. The van der Waals surface area contributed by atoms with Crippen LogP contribution in [0.4, 0.5) is 9.80 Å². The highest BCUT2D eigenvalue weighted by molar-refractivity contribution is 7.91. The maximum absolute atomic E-state index is 13.1. The molecule has 1 aliphatic heterocycles. The maximum atomic E-state index is 13.1. The molecule has 0 bridgehead atoms. The second kappa shape index (κ2) is 10.6. The van der Waals surface area contributed by atoms with E-state index in [1.54, 1.807) is 6.07 Å². The molecule has 0 aromatic carbocycles.